The second-order valence-electron chi connectivity index (χ2n) is 8.32. The van der Waals surface area contributed by atoms with Crippen molar-refractivity contribution in [3.8, 4) is 0 Å². The van der Waals surface area contributed by atoms with Crippen molar-refractivity contribution in [2.45, 2.75) is 51.1 Å². The summed E-state index contributed by atoms with van der Waals surface area (Å²) in [6.07, 6.45) is 8.75. The third kappa shape index (κ3) is 4.74. The molecule has 2 fully saturated rings. The molecule has 1 unspecified atom stereocenters. The summed E-state index contributed by atoms with van der Waals surface area (Å²) in [5.41, 5.74) is 1.29. The van der Waals surface area contributed by atoms with E-state index >= 15 is 0 Å². The lowest BCUT2D eigenvalue weighted by Gasteiger charge is -2.21. The fraction of sp³-hybridized carbons (Fsp3) is 0.565. The van der Waals surface area contributed by atoms with Crippen LogP contribution in [0.1, 0.15) is 38.5 Å². The number of hydrogen-bond acceptors (Lipinski definition) is 2. The van der Waals surface area contributed by atoms with E-state index in [2.05, 4.69) is 61.6 Å². The predicted octanol–water partition coefficient (Wildman–Crippen LogP) is 2.99. The molecule has 0 spiro atoms. The average Bonchev–Trinajstić information content (AvgIpc) is 3.51. The summed E-state index contributed by atoms with van der Waals surface area (Å²) in [4.78, 5) is 19.0. The third-order valence-electron chi connectivity index (χ3n) is 6.32. The quantitative estimate of drug-likeness (QED) is 0.449. The number of benzene rings is 1. The molecule has 2 N–H and O–H groups in total. The van der Waals surface area contributed by atoms with Gasteiger partial charge in [0.05, 0.1) is 0 Å². The van der Waals surface area contributed by atoms with E-state index in [1.807, 2.05) is 7.05 Å². The van der Waals surface area contributed by atoms with Gasteiger partial charge in [-0.05, 0) is 43.2 Å². The number of guanidine groups is 1. The summed E-state index contributed by atoms with van der Waals surface area (Å²) in [6.45, 7) is 3.50. The molecule has 6 heteroatoms. The van der Waals surface area contributed by atoms with Crippen LogP contribution in [-0.2, 0) is 11.3 Å². The van der Waals surface area contributed by atoms with Gasteiger partial charge in [-0.2, -0.15) is 0 Å². The van der Waals surface area contributed by atoms with E-state index in [9.17, 15) is 4.79 Å². The molecule has 2 aromatic rings. The third-order valence-corrected chi connectivity index (χ3v) is 6.32. The predicted molar refractivity (Wildman–Crippen MR) is 118 cm³/mol. The van der Waals surface area contributed by atoms with E-state index in [-0.39, 0.29) is 5.92 Å². The molecule has 0 radical (unpaired) electrons. The van der Waals surface area contributed by atoms with Gasteiger partial charge in [-0.25, -0.2) is 0 Å². The van der Waals surface area contributed by atoms with Gasteiger partial charge in [0.15, 0.2) is 5.96 Å². The summed E-state index contributed by atoms with van der Waals surface area (Å²) in [7, 11) is 1.81. The number of nitrogens with one attached hydrogen (secondary N) is 2. The number of aromatic nitrogens is 1. The van der Waals surface area contributed by atoms with Crippen molar-refractivity contribution in [1.29, 1.82) is 0 Å². The molecule has 6 nitrogen and oxygen atoms in total. The van der Waals surface area contributed by atoms with Gasteiger partial charge in [-0.15, -0.1) is 0 Å². The van der Waals surface area contributed by atoms with Crippen molar-refractivity contribution in [2.75, 3.05) is 26.7 Å². The minimum Gasteiger partial charge on any atom is -0.356 e. The fourth-order valence-corrected chi connectivity index (χ4v) is 4.69. The molecule has 2 aliphatic rings. The van der Waals surface area contributed by atoms with Crippen molar-refractivity contribution < 1.29 is 4.79 Å². The van der Waals surface area contributed by atoms with E-state index in [1.54, 1.807) is 0 Å². The Hall–Kier alpha value is -2.50. The van der Waals surface area contributed by atoms with Crippen LogP contribution in [0, 0.1) is 5.92 Å². The highest BCUT2D eigenvalue weighted by atomic mass is 16.2. The molecule has 29 heavy (non-hydrogen) atoms. The number of para-hydroxylation sites is 1. The van der Waals surface area contributed by atoms with Crippen LogP contribution >= 0.6 is 0 Å². The normalized spacial score (nSPS) is 20.5. The molecular formula is C23H33N5O. The van der Waals surface area contributed by atoms with E-state index in [4.69, 9.17) is 0 Å². The van der Waals surface area contributed by atoms with Crippen LogP contribution in [-0.4, -0.2) is 54.1 Å². The lowest BCUT2D eigenvalue weighted by atomic mass is 10.1. The molecular weight excluding hydrogens is 362 g/mol. The first-order valence-electron chi connectivity index (χ1n) is 11.0. The highest BCUT2D eigenvalue weighted by Gasteiger charge is 2.32. The standard InChI is InChI=1S/C23H33N5O/c1-24-23(25-13-6-14-27-15-11-18-7-4-5-10-21(18)27)26-20-12-16-28(17-20)22(29)19-8-2-3-9-19/h4-5,7,10-11,15,19-20H,2-3,6,8-9,12-14,16-17H2,1H3,(H2,24,25,26). The van der Waals surface area contributed by atoms with E-state index in [0.29, 0.717) is 11.9 Å². The SMILES string of the molecule is CN=C(NCCCn1ccc2ccccc21)NC1CCN(C(=O)C2CCCC2)C1. The summed E-state index contributed by atoms with van der Waals surface area (Å²) in [5.74, 6) is 1.48. The Morgan fingerprint density at radius 3 is 2.83 bits per heavy atom. The Balaban J connectivity index is 1.19. The van der Waals surface area contributed by atoms with Crippen LogP contribution in [0.15, 0.2) is 41.5 Å². The highest BCUT2D eigenvalue weighted by Crippen LogP contribution is 2.27. The maximum Gasteiger partial charge on any atom is 0.225 e. The molecule has 1 saturated carbocycles. The summed E-state index contributed by atoms with van der Waals surface area (Å²) in [5, 5.41) is 8.22. The topological polar surface area (TPSA) is 61.7 Å². The summed E-state index contributed by atoms with van der Waals surface area (Å²) in [6, 6.07) is 10.9. The van der Waals surface area contributed by atoms with Crippen LogP contribution in [0.3, 0.4) is 0 Å². The van der Waals surface area contributed by atoms with E-state index < -0.39 is 0 Å². The Labute approximate surface area is 173 Å². The van der Waals surface area contributed by atoms with Gasteiger partial charge in [0.25, 0.3) is 0 Å². The lowest BCUT2D eigenvalue weighted by molar-refractivity contribution is -0.134. The maximum absolute atomic E-state index is 12.6. The number of carbonyl (C=O) groups excluding carboxylic acids is 1. The molecule has 1 amide bonds. The van der Waals surface area contributed by atoms with Crippen molar-refractivity contribution >= 4 is 22.8 Å². The van der Waals surface area contributed by atoms with Gasteiger partial charge in [-0.1, -0.05) is 31.0 Å². The lowest BCUT2D eigenvalue weighted by Crippen LogP contribution is -2.45. The fourth-order valence-electron chi connectivity index (χ4n) is 4.69. The molecule has 1 aromatic heterocycles. The number of carbonyl (C=O) groups is 1. The van der Waals surface area contributed by atoms with Gasteiger partial charge in [0, 0.05) is 56.9 Å². The first kappa shape index (κ1) is 19.8. The number of nitrogens with zero attached hydrogens (tertiary/aromatic N) is 3. The van der Waals surface area contributed by atoms with Crippen molar-refractivity contribution in [3.63, 3.8) is 0 Å². The number of likely N-dealkylation sites (tertiary alicyclic amines) is 1. The molecule has 1 aliphatic heterocycles. The zero-order chi connectivity index (χ0) is 20.1. The van der Waals surface area contributed by atoms with Gasteiger partial charge in [-0.3, -0.25) is 9.79 Å². The monoisotopic (exact) mass is 395 g/mol. The Morgan fingerprint density at radius 1 is 1.17 bits per heavy atom. The zero-order valence-electron chi connectivity index (χ0n) is 17.4. The Bertz CT molecular complexity index is 852. The number of rotatable bonds is 6. The minimum atomic E-state index is 0.274. The first-order chi connectivity index (χ1) is 14.2. The highest BCUT2D eigenvalue weighted by molar-refractivity contribution is 5.81. The van der Waals surface area contributed by atoms with Gasteiger partial charge in [0.2, 0.25) is 5.91 Å². The molecule has 1 saturated heterocycles. The average molecular weight is 396 g/mol. The summed E-state index contributed by atoms with van der Waals surface area (Å²) < 4.78 is 2.30. The van der Waals surface area contributed by atoms with Gasteiger partial charge >= 0.3 is 0 Å². The number of aryl methyl sites for hydroxylation is 1. The van der Waals surface area contributed by atoms with Crippen molar-refractivity contribution in [1.82, 2.24) is 20.1 Å². The smallest absolute Gasteiger partial charge is 0.225 e. The number of aliphatic imine (C=N–C) groups is 1. The largest absolute Gasteiger partial charge is 0.356 e. The number of amides is 1. The minimum absolute atomic E-state index is 0.274. The first-order valence-corrected chi connectivity index (χ1v) is 11.0. The number of fused-ring (bicyclic) bond motifs is 1. The molecule has 1 aliphatic carbocycles. The Morgan fingerprint density at radius 2 is 2.00 bits per heavy atom. The zero-order valence-corrected chi connectivity index (χ0v) is 17.4. The van der Waals surface area contributed by atoms with Crippen molar-refractivity contribution in [2.24, 2.45) is 10.9 Å². The molecule has 1 aromatic carbocycles. The second kappa shape index (κ2) is 9.33. The molecule has 1 atom stereocenters. The molecule has 2 heterocycles. The second-order valence-corrected chi connectivity index (χ2v) is 8.32. The molecule has 0 bridgehead atoms. The van der Waals surface area contributed by atoms with Gasteiger partial charge < -0.3 is 20.1 Å². The Kier molecular flexibility index (Phi) is 6.37. The summed E-state index contributed by atoms with van der Waals surface area (Å²) >= 11 is 0. The molecule has 4 rings (SSSR count). The van der Waals surface area contributed by atoms with Crippen LogP contribution in [0.5, 0.6) is 0 Å². The van der Waals surface area contributed by atoms with Crippen LogP contribution in [0.4, 0.5) is 0 Å². The number of hydrogen-bond donors (Lipinski definition) is 2. The van der Waals surface area contributed by atoms with Crippen LogP contribution in [0.2, 0.25) is 0 Å². The van der Waals surface area contributed by atoms with Crippen molar-refractivity contribution in [3.05, 3.63) is 36.5 Å². The van der Waals surface area contributed by atoms with Crippen LogP contribution < -0.4 is 10.6 Å². The maximum atomic E-state index is 12.6. The van der Waals surface area contributed by atoms with Crippen LogP contribution in [0.25, 0.3) is 10.9 Å². The van der Waals surface area contributed by atoms with Gasteiger partial charge in [0.1, 0.15) is 0 Å². The van der Waals surface area contributed by atoms with E-state index in [0.717, 1.165) is 57.8 Å². The molecule has 156 valence electrons. The van der Waals surface area contributed by atoms with E-state index in [1.165, 1.54) is 23.7 Å².